The maximum absolute atomic E-state index is 9.94. The van der Waals surface area contributed by atoms with Crippen molar-refractivity contribution in [2.75, 3.05) is 6.54 Å². The molecule has 0 fully saturated rings. The highest BCUT2D eigenvalue weighted by Crippen LogP contribution is 2.33. The largest absolute Gasteiger partial charge is 0.466 e. The lowest BCUT2D eigenvalue weighted by Crippen LogP contribution is -2.30. The van der Waals surface area contributed by atoms with Crippen molar-refractivity contribution < 1.29 is 9.52 Å². The zero-order valence-electron chi connectivity index (χ0n) is 8.37. The summed E-state index contributed by atoms with van der Waals surface area (Å²) in [4.78, 5) is 0. The highest BCUT2D eigenvalue weighted by atomic mass is 16.4. The molecule has 1 rings (SSSR count). The highest BCUT2D eigenvalue weighted by molar-refractivity contribution is 5.18. The Morgan fingerprint density at radius 3 is 2.62 bits per heavy atom. The maximum atomic E-state index is 9.94. The fraction of sp³-hybridized carbons (Fsp3) is 0.600. The van der Waals surface area contributed by atoms with Crippen LogP contribution in [0.4, 0.5) is 0 Å². The number of aliphatic hydroxyl groups excluding tert-OH is 1. The van der Waals surface area contributed by atoms with Crippen molar-refractivity contribution >= 4 is 0 Å². The molecule has 0 saturated heterocycles. The zero-order chi connectivity index (χ0) is 10.1. The lowest BCUT2D eigenvalue weighted by atomic mass is 9.84. The molecule has 1 aromatic rings. The Kier molecular flexibility index (Phi) is 2.78. The molecule has 1 atom stereocenters. The van der Waals surface area contributed by atoms with Gasteiger partial charge in [0.1, 0.15) is 11.9 Å². The molecule has 0 bridgehead atoms. The summed E-state index contributed by atoms with van der Waals surface area (Å²) in [5, 5.41) is 9.94. The summed E-state index contributed by atoms with van der Waals surface area (Å²) in [6.07, 6.45) is 0.952. The molecular weight excluding hydrogens is 166 g/mol. The Bertz CT molecular complexity index is 278. The van der Waals surface area contributed by atoms with Gasteiger partial charge in [-0.15, -0.1) is 0 Å². The lowest BCUT2D eigenvalue weighted by Gasteiger charge is -2.27. The summed E-state index contributed by atoms with van der Waals surface area (Å²) < 4.78 is 5.21. The number of hydrogen-bond acceptors (Lipinski definition) is 3. The third-order valence-corrected chi connectivity index (χ3v) is 2.42. The molecule has 1 heterocycles. The quantitative estimate of drug-likeness (QED) is 0.748. The van der Waals surface area contributed by atoms with Crippen LogP contribution in [0.5, 0.6) is 0 Å². The molecule has 0 radical (unpaired) electrons. The summed E-state index contributed by atoms with van der Waals surface area (Å²) in [5.74, 6) is 0.621. The van der Waals surface area contributed by atoms with E-state index in [1.807, 2.05) is 26.8 Å². The smallest absolute Gasteiger partial charge is 0.135 e. The van der Waals surface area contributed by atoms with Gasteiger partial charge in [0.15, 0.2) is 0 Å². The predicted molar refractivity (Wildman–Crippen MR) is 51.2 cm³/mol. The van der Waals surface area contributed by atoms with Crippen molar-refractivity contribution in [3.05, 3.63) is 23.7 Å². The van der Waals surface area contributed by atoms with E-state index in [2.05, 4.69) is 0 Å². The Hall–Kier alpha value is -0.800. The summed E-state index contributed by atoms with van der Waals surface area (Å²) in [6, 6.07) is 1.84. The van der Waals surface area contributed by atoms with E-state index >= 15 is 0 Å². The number of nitrogens with two attached hydrogens (primary N) is 1. The van der Waals surface area contributed by atoms with Gasteiger partial charge in [-0.05, 0) is 18.6 Å². The average molecular weight is 183 g/mol. The molecule has 3 nitrogen and oxygen atoms in total. The van der Waals surface area contributed by atoms with Gasteiger partial charge in [-0.1, -0.05) is 13.8 Å². The minimum absolute atomic E-state index is 0.345. The minimum atomic E-state index is -0.632. The van der Waals surface area contributed by atoms with Crippen LogP contribution in [-0.4, -0.2) is 11.7 Å². The van der Waals surface area contributed by atoms with Crippen LogP contribution in [0.1, 0.15) is 31.3 Å². The molecule has 3 N–H and O–H groups in total. The fourth-order valence-electron chi connectivity index (χ4n) is 1.13. The number of aliphatic hydroxyl groups is 1. The van der Waals surface area contributed by atoms with Gasteiger partial charge in [0.2, 0.25) is 0 Å². The Morgan fingerprint density at radius 1 is 1.62 bits per heavy atom. The normalized spacial score (nSPS) is 14.5. The molecule has 0 aliphatic rings. The van der Waals surface area contributed by atoms with Gasteiger partial charge in [-0.3, -0.25) is 0 Å². The van der Waals surface area contributed by atoms with Crippen LogP contribution in [-0.2, 0) is 0 Å². The number of rotatable bonds is 3. The van der Waals surface area contributed by atoms with Crippen molar-refractivity contribution in [1.82, 2.24) is 0 Å². The van der Waals surface area contributed by atoms with Gasteiger partial charge in [-0.2, -0.15) is 0 Å². The SMILES string of the molecule is Cc1ccoc1C(O)C(C)(C)CN. The zero-order valence-corrected chi connectivity index (χ0v) is 8.37. The molecule has 0 saturated carbocycles. The Morgan fingerprint density at radius 2 is 2.23 bits per heavy atom. The number of furan rings is 1. The second kappa shape index (κ2) is 3.52. The van der Waals surface area contributed by atoms with E-state index in [0.717, 1.165) is 5.56 Å². The first-order chi connectivity index (χ1) is 5.99. The molecular formula is C10H17NO2. The minimum Gasteiger partial charge on any atom is -0.466 e. The van der Waals surface area contributed by atoms with Crippen LogP contribution in [0, 0.1) is 12.3 Å². The van der Waals surface area contributed by atoms with Crippen LogP contribution >= 0.6 is 0 Å². The van der Waals surface area contributed by atoms with E-state index in [1.165, 1.54) is 0 Å². The van der Waals surface area contributed by atoms with Crippen molar-refractivity contribution in [1.29, 1.82) is 0 Å². The molecule has 0 aromatic carbocycles. The van der Waals surface area contributed by atoms with Crippen LogP contribution in [0.3, 0.4) is 0 Å². The van der Waals surface area contributed by atoms with Gasteiger partial charge in [0, 0.05) is 12.0 Å². The molecule has 0 aliphatic carbocycles. The first-order valence-electron chi connectivity index (χ1n) is 4.41. The third-order valence-electron chi connectivity index (χ3n) is 2.42. The van der Waals surface area contributed by atoms with Gasteiger partial charge in [-0.25, -0.2) is 0 Å². The van der Waals surface area contributed by atoms with Gasteiger partial charge in [0.25, 0.3) is 0 Å². The first-order valence-corrected chi connectivity index (χ1v) is 4.41. The van der Waals surface area contributed by atoms with E-state index < -0.39 is 6.10 Å². The van der Waals surface area contributed by atoms with Crippen LogP contribution in [0.15, 0.2) is 16.7 Å². The predicted octanol–water partition coefficient (Wildman–Crippen LogP) is 1.61. The molecule has 1 aromatic heterocycles. The van der Waals surface area contributed by atoms with Crippen molar-refractivity contribution in [2.45, 2.75) is 26.9 Å². The highest BCUT2D eigenvalue weighted by Gasteiger charge is 2.30. The van der Waals surface area contributed by atoms with Gasteiger partial charge >= 0.3 is 0 Å². The molecule has 74 valence electrons. The summed E-state index contributed by atoms with van der Waals surface area (Å²) >= 11 is 0. The Balaban J connectivity index is 2.91. The molecule has 1 unspecified atom stereocenters. The molecule has 0 spiro atoms. The monoisotopic (exact) mass is 183 g/mol. The van der Waals surface area contributed by atoms with Crippen molar-refractivity contribution in [3.63, 3.8) is 0 Å². The molecule has 0 amide bonds. The second-order valence-electron chi connectivity index (χ2n) is 4.06. The molecule has 13 heavy (non-hydrogen) atoms. The van der Waals surface area contributed by atoms with Gasteiger partial charge in [0.05, 0.1) is 6.26 Å². The number of aryl methyl sites for hydroxylation is 1. The van der Waals surface area contributed by atoms with E-state index in [0.29, 0.717) is 12.3 Å². The lowest BCUT2D eigenvalue weighted by molar-refractivity contribution is 0.0363. The first kappa shape index (κ1) is 10.3. The van der Waals surface area contributed by atoms with Crippen molar-refractivity contribution in [3.8, 4) is 0 Å². The van der Waals surface area contributed by atoms with E-state index in [-0.39, 0.29) is 5.41 Å². The maximum Gasteiger partial charge on any atom is 0.135 e. The number of hydrogen-bond donors (Lipinski definition) is 2. The fourth-order valence-corrected chi connectivity index (χ4v) is 1.13. The van der Waals surface area contributed by atoms with Crippen LogP contribution in [0.25, 0.3) is 0 Å². The van der Waals surface area contributed by atoms with E-state index in [4.69, 9.17) is 10.2 Å². The summed E-state index contributed by atoms with van der Waals surface area (Å²) in [6.45, 7) is 6.17. The summed E-state index contributed by atoms with van der Waals surface area (Å²) in [7, 11) is 0. The third kappa shape index (κ3) is 1.92. The molecule has 3 heteroatoms. The average Bonchev–Trinajstić information content (AvgIpc) is 2.50. The van der Waals surface area contributed by atoms with Gasteiger partial charge < -0.3 is 15.3 Å². The van der Waals surface area contributed by atoms with E-state index in [9.17, 15) is 5.11 Å². The van der Waals surface area contributed by atoms with Crippen molar-refractivity contribution in [2.24, 2.45) is 11.1 Å². The standard InChI is InChI=1S/C10H17NO2/c1-7-4-5-13-8(7)9(12)10(2,3)6-11/h4-5,9,12H,6,11H2,1-3H3. The van der Waals surface area contributed by atoms with Crippen LogP contribution in [0.2, 0.25) is 0 Å². The topological polar surface area (TPSA) is 59.4 Å². The Labute approximate surface area is 78.5 Å². The summed E-state index contributed by atoms with van der Waals surface area (Å²) in [5.41, 5.74) is 6.18. The molecule has 0 aliphatic heterocycles. The second-order valence-corrected chi connectivity index (χ2v) is 4.06. The van der Waals surface area contributed by atoms with E-state index in [1.54, 1.807) is 6.26 Å². The van der Waals surface area contributed by atoms with Crippen LogP contribution < -0.4 is 5.73 Å².